The van der Waals surface area contributed by atoms with E-state index in [0.717, 1.165) is 18.2 Å². The number of aromatic nitrogens is 4. The molecule has 0 aromatic carbocycles. The minimum Gasteiger partial charge on any atom is -0.382 e. The number of anilines is 2. The third kappa shape index (κ3) is 5.84. The largest absolute Gasteiger partial charge is 0.435 e. The van der Waals surface area contributed by atoms with Gasteiger partial charge in [0.2, 0.25) is 0 Å². The second-order valence-corrected chi connectivity index (χ2v) is 4.66. The SMILES string of the molecule is Nc1ccc(C(F)(F)F)nn1.Nc1nnc(C(F)(F)F)cc1Br. The summed E-state index contributed by atoms with van der Waals surface area (Å²) >= 11 is 2.81. The molecule has 6 nitrogen and oxygen atoms in total. The molecule has 0 spiro atoms. The fraction of sp³-hybridized carbons (Fsp3) is 0.200. The van der Waals surface area contributed by atoms with Gasteiger partial charge in [0.15, 0.2) is 17.2 Å². The zero-order valence-corrected chi connectivity index (χ0v) is 12.4. The summed E-state index contributed by atoms with van der Waals surface area (Å²) in [4.78, 5) is 0. The van der Waals surface area contributed by atoms with Gasteiger partial charge in [-0.25, -0.2) is 0 Å². The molecule has 0 bridgehead atoms. The van der Waals surface area contributed by atoms with Crippen LogP contribution in [0.5, 0.6) is 0 Å². The molecule has 0 radical (unpaired) electrons. The Morgan fingerprint density at radius 2 is 1.30 bits per heavy atom. The van der Waals surface area contributed by atoms with Gasteiger partial charge in [-0.15, -0.1) is 20.4 Å². The van der Waals surface area contributed by atoms with Gasteiger partial charge < -0.3 is 11.5 Å². The molecule has 0 saturated heterocycles. The van der Waals surface area contributed by atoms with Crippen molar-refractivity contribution in [2.45, 2.75) is 12.4 Å². The van der Waals surface area contributed by atoms with E-state index in [1.165, 1.54) is 0 Å². The Labute approximate surface area is 133 Å². The first kappa shape index (κ1) is 18.9. The van der Waals surface area contributed by atoms with Crippen molar-refractivity contribution in [1.82, 2.24) is 20.4 Å². The molecule has 2 heterocycles. The molecule has 0 atom stereocenters. The monoisotopic (exact) mass is 404 g/mol. The fourth-order valence-electron chi connectivity index (χ4n) is 1.01. The first-order chi connectivity index (χ1) is 10.4. The molecule has 2 aromatic rings. The number of nitrogens with two attached hydrogens (primary N) is 2. The Hall–Kier alpha value is -2.18. The Morgan fingerprint density at radius 1 is 0.783 bits per heavy atom. The summed E-state index contributed by atoms with van der Waals surface area (Å²) in [5.41, 5.74) is 8.07. The molecular formula is C10H7BrF6N6. The van der Waals surface area contributed by atoms with Crippen LogP contribution in [0.25, 0.3) is 0 Å². The maximum absolute atomic E-state index is 11.9. The van der Waals surface area contributed by atoms with Crippen molar-refractivity contribution in [2.75, 3.05) is 11.5 Å². The van der Waals surface area contributed by atoms with E-state index in [0.29, 0.717) is 0 Å². The summed E-state index contributed by atoms with van der Waals surface area (Å²) in [6, 6.07) is 2.61. The number of alkyl halides is 6. The van der Waals surface area contributed by atoms with Gasteiger partial charge in [0.25, 0.3) is 0 Å². The molecule has 0 fully saturated rings. The quantitative estimate of drug-likeness (QED) is 0.654. The van der Waals surface area contributed by atoms with E-state index >= 15 is 0 Å². The molecule has 0 aliphatic carbocycles. The second kappa shape index (κ2) is 6.93. The van der Waals surface area contributed by atoms with Crippen LogP contribution in [-0.4, -0.2) is 20.4 Å². The van der Waals surface area contributed by atoms with Crippen LogP contribution in [0.2, 0.25) is 0 Å². The van der Waals surface area contributed by atoms with Crippen LogP contribution < -0.4 is 11.5 Å². The van der Waals surface area contributed by atoms with Crippen LogP contribution >= 0.6 is 15.9 Å². The molecule has 126 valence electrons. The van der Waals surface area contributed by atoms with Gasteiger partial charge in [-0.1, -0.05) is 0 Å². The number of rotatable bonds is 0. The average molecular weight is 405 g/mol. The molecule has 2 rings (SSSR count). The van der Waals surface area contributed by atoms with E-state index in [4.69, 9.17) is 11.5 Å². The number of hydrogen-bond donors (Lipinski definition) is 2. The lowest BCUT2D eigenvalue weighted by molar-refractivity contribution is -0.142. The standard InChI is InChI=1S/C5H3BrF3N3.C5H4F3N3/c6-2-1-3(5(7,8)9)11-12-4(2)10;6-5(7,8)3-1-2-4(9)11-10-3/h1H,(H2,10,12);1-2H,(H2,9,11). The van der Waals surface area contributed by atoms with Crippen molar-refractivity contribution < 1.29 is 26.3 Å². The van der Waals surface area contributed by atoms with Gasteiger partial charge in [0, 0.05) is 0 Å². The lowest BCUT2D eigenvalue weighted by Crippen LogP contribution is -2.10. The minimum atomic E-state index is -4.48. The summed E-state index contributed by atoms with van der Waals surface area (Å²) < 4.78 is 71.2. The molecule has 0 saturated carbocycles. The van der Waals surface area contributed by atoms with Crippen molar-refractivity contribution in [3.05, 3.63) is 34.1 Å². The topological polar surface area (TPSA) is 104 Å². The summed E-state index contributed by atoms with van der Waals surface area (Å²) in [6.07, 6.45) is -8.93. The summed E-state index contributed by atoms with van der Waals surface area (Å²) in [6.45, 7) is 0. The Kier molecular flexibility index (Phi) is 5.69. The highest BCUT2D eigenvalue weighted by molar-refractivity contribution is 9.10. The predicted octanol–water partition coefficient (Wildman–Crippen LogP) is 2.92. The molecular weight excluding hydrogens is 398 g/mol. The van der Waals surface area contributed by atoms with Gasteiger partial charge in [0.1, 0.15) is 5.82 Å². The summed E-state index contributed by atoms with van der Waals surface area (Å²) in [5.74, 6) is -0.0963. The van der Waals surface area contributed by atoms with E-state index < -0.39 is 23.7 Å². The highest BCUT2D eigenvalue weighted by Gasteiger charge is 2.33. The summed E-state index contributed by atoms with van der Waals surface area (Å²) in [5, 5.41) is 11.9. The number of nitrogen functional groups attached to an aromatic ring is 2. The normalized spacial score (nSPS) is 11.6. The van der Waals surface area contributed by atoms with Gasteiger partial charge in [0.05, 0.1) is 4.47 Å². The Bertz CT molecular complexity index is 656. The second-order valence-electron chi connectivity index (χ2n) is 3.80. The van der Waals surface area contributed by atoms with E-state index in [-0.39, 0.29) is 16.1 Å². The molecule has 0 aliphatic rings. The van der Waals surface area contributed by atoms with Crippen LogP contribution in [0, 0.1) is 0 Å². The van der Waals surface area contributed by atoms with Gasteiger partial charge in [-0.05, 0) is 34.1 Å². The highest BCUT2D eigenvalue weighted by Crippen LogP contribution is 2.29. The third-order valence-corrected chi connectivity index (χ3v) is 2.67. The number of nitrogens with zero attached hydrogens (tertiary/aromatic N) is 4. The number of hydrogen-bond acceptors (Lipinski definition) is 6. The van der Waals surface area contributed by atoms with E-state index in [1.807, 2.05) is 0 Å². The fourth-order valence-corrected chi connectivity index (χ4v) is 1.31. The maximum atomic E-state index is 11.9. The molecule has 0 amide bonds. The van der Waals surface area contributed by atoms with Crippen LogP contribution in [0.3, 0.4) is 0 Å². The molecule has 2 aromatic heterocycles. The van der Waals surface area contributed by atoms with E-state index in [9.17, 15) is 26.3 Å². The average Bonchev–Trinajstić information content (AvgIpc) is 2.41. The summed E-state index contributed by atoms with van der Waals surface area (Å²) in [7, 11) is 0. The van der Waals surface area contributed by atoms with Crippen molar-refractivity contribution in [2.24, 2.45) is 0 Å². The Morgan fingerprint density at radius 3 is 1.70 bits per heavy atom. The van der Waals surface area contributed by atoms with Gasteiger partial charge in [-0.2, -0.15) is 26.3 Å². The molecule has 23 heavy (non-hydrogen) atoms. The number of halogens is 7. The van der Waals surface area contributed by atoms with Crippen molar-refractivity contribution in [3.63, 3.8) is 0 Å². The lowest BCUT2D eigenvalue weighted by Gasteiger charge is -2.04. The van der Waals surface area contributed by atoms with E-state index in [1.54, 1.807) is 0 Å². The van der Waals surface area contributed by atoms with Crippen molar-refractivity contribution in [1.29, 1.82) is 0 Å². The van der Waals surface area contributed by atoms with Gasteiger partial charge in [-0.3, -0.25) is 0 Å². The highest BCUT2D eigenvalue weighted by atomic mass is 79.9. The molecule has 13 heteroatoms. The van der Waals surface area contributed by atoms with Gasteiger partial charge >= 0.3 is 12.4 Å². The Balaban J connectivity index is 0.000000231. The van der Waals surface area contributed by atoms with Crippen LogP contribution in [-0.2, 0) is 12.4 Å². The van der Waals surface area contributed by atoms with Crippen molar-refractivity contribution >= 4 is 27.6 Å². The van der Waals surface area contributed by atoms with Crippen LogP contribution in [0.15, 0.2) is 22.7 Å². The zero-order chi connectivity index (χ0) is 17.8. The van der Waals surface area contributed by atoms with Crippen LogP contribution in [0.4, 0.5) is 38.0 Å². The smallest absolute Gasteiger partial charge is 0.382 e. The first-order valence-corrected chi connectivity index (χ1v) is 6.23. The lowest BCUT2D eigenvalue weighted by atomic mass is 10.4. The zero-order valence-electron chi connectivity index (χ0n) is 10.8. The molecule has 0 aliphatic heterocycles. The maximum Gasteiger partial charge on any atom is 0.435 e. The minimum absolute atomic E-state index is 0.0296. The molecule has 4 N–H and O–H groups in total. The van der Waals surface area contributed by atoms with Crippen molar-refractivity contribution in [3.8, 4) is 0 Å². The predicted molar refractivity (Wildman–Crippen MR) is 70.6 cm³/mol. The third-order valence-electron chi connectivity index (χ3n) is 2.04. The molecule has 0 unspecified atom stereocenters. The van der Waals surface area contributed by atoms with Crippen LogP contribution in [0.1, 0.15) is 11.4 Å². The van der Waals surface area contributed by atoms with E-state index in [2.05, 4.69) is 36.3 Å². The first-order valence-electron chi connectivity index (χ1n) is 5.43.